The molecular weight excluding hydrogens is 310 g/mol. The summed E-state index contributed by atoms with van der Waals surface area (Å²) in [4.78, 5) is 29.1. The van der Waals surface area contributed by atoms with E-state index in [0.717, 1.165) is 36.3 Å². The summed E-state index contributed by atoms with van der Waals surface area (Å²) >= 11 is 0. The van der Waals surface area contributed by atoms with Crippen LogP contribution >= 0.6 is 0 Å². The molecule has 7 nitrogen and oxygen atoms in total. The van der Waals surface area contributed by atoms with Gasteiger partial charge in [-0.1, -0.05) is 6.92 Å². The number of anilines is 2. The predicted octanol–water partition coefficient (Wildman–Crippen LogP) is 1.60. The van der Waals surface area contributed by atoms with Crippen LogP contribution in [0.1, 0.15) is 44.6 Å². The lowest BCUT2D eigenvalue weighted by Gasteiger charge is -2.23. The van der Waals surface area contributed by atoms with Gasteiger partial charge in [-0.3, -0.25) is 14.6 Å². The number of pyridine rings is 1. The van der Waals surface area contributed by atoms with Crippen molar-refractivity contribution in [3.05, 3.63) is 17.5 Å². The summed E-state index contributed by atoms with van der Waals surface area (Å²) in [5.74, 6) is -0.350. The molecule has 2 N–H and O–H groups in total. The molecule has 1 aliphatic heterocycles. The van der Waals surface area contributed by atoms with Crippen molar-refractivity contribution in [3.8, 4) is 0 Å². The average molecular weight is 333 g/mol. The summed E-state index contributed by atoms with van der Waals surface area (Å²) in [7, 11) is 0. The van der Waals surface area contributed by atoms with Crippen LogP contribution in [-0.2, 0) is 25.5 Å². The van der Waals surface area contributed by atoms with Crippen molar-refractivity contribution in [2.75, 3.05) is 23.7 Å². The van der Waals surface area contributed by atoms with E-state index in [0.29, 0.717) is 12.2 Å². The number of hydrogen-bond donors (Lipinski definition) is 1. The van der Waals surface area contributed by atoms with Gasteiger partial charge in [-0.05, 0) is 12.8 Å². The van der Waals surface area contributed by atoms with Crippen molar-refractivity contribution in [1.82, 2.24) is 4.98 Å². The van der Waals surface area contributed by atoms with E-state index in [-0.39, 0.29) is 30.1 Å². The lowest BCUT2D eigenvalue weighted by atomic mass is 10.1. The van der Waals surface area contributed by atoms with Crippen LogP contribution < -0.4 is 10.6 Å². The fraction of sp³-hybridized carbons (Fsp3) is 0.588. The summed E-state index contributed by atoms with van der Waals surface area (Å²) in [6.07, 6.45) is 2.66. The number of fused-ring (bicyclic) bond motifs is 1. The highest BCUT2D eigenvalue weighted by molar-refractivity contribution is 5.74. The fourth-order valence-corrected chi connectivity index (χ4v) is 3.68. The smallest absolute Gasteiger partial charge is 0.303 e. The number of carbonyl (C=O) groups is 2. The van der Waals surface area contributed by atoms with Crippen LogP contribution in [0, 0.1) is 5.92 Å². The summed E-state index contributed by atoms with van der Waals surface area (Å²) in [6.45, 7) is 6.27. The molecule has 130 valence electrons. The van der Waals surface area contributed by atoms with Gasteiger partial charge in [0.2, 0.25) is 0 Å². The van der Waals surface area contributed by atoms with Gasteiger partial charge in [0.15, 0.2) is 0 Å². The summed E-state index contributed by atoms with van der Waals surface area (Å²) < 4.78 is 10.8. The summed E-state index contributed by atoms with van der Waals surface area (Å²) in [6, 6.07) is 0. The van der Waals surface area contributed by atoms with Crippen molar-refractivity contribution in [3.63, 3.8) is 0 Å². The predicted molar refractivity (Wildman–Crippen MR) is 88.4 cm³/mol. The van der Waals surface area contributed by atoms with E-state index < -0.39 is 0 Å². The molecule has 0 amide bonds. The van der Waals surface area contributed by atoms with E-state index in [1.165, 1.54) is 13.8 Å². The zero-order valence-electron chi connectivity index (χ0n) is 14.2. The maximum absolute atomic E-state index is 11.3. The molecule has 0 spiro atoms. The van der Waals surface area contributed by atoms with Crippen LogP contribution in [0.15, 0.2) is 6.20 Å². The van der Waals surface area contributed by atoms with Crippen LogP contribution in [-0.4, -0.2) is 36.1 Å². The molecule has 1 aromatic rings. The molecule has 2 aliphatic rings. The molecule has 24 heavy (non-hydrogen) atoms. The highest BCUT2D eigenvalue weighted by Crippen LogP contribution is 2.42. The molecule has 7 heteroatoms. The summed E-state index contributed by atoms with van der Waals surface area (Å²) in [5, 5.41) is 0. The molecule has 1 aliphatic carbocycles. The molecule has 2 heterocycles. The normalized spacial score (nSPS) is 25.5. The van der Waals surface area contributed by atoms with Gasteiger partial charge in [-0.2, -0.15) is 0 Å². The maximum Gasteiger partial charge on any atom is 0.303 e. The third-order valence-electron chi connectivity index (χ3n) is 4.66. The number of esters is 2. The first kappa shape index (κ1) is 16.5. The minimum absolute atomic E-state index is 0.142. The number of carbonyl (C=O) groups excluding carboxylic acids is 2. The molecule has 1 aromatic heterocycles. The molecule has 0 aromatic carbocycles. The topological polar surface area (TPSA) is 94.8 Å². The number of ether oxygens (including phenoxy) is 2. The molecule has 0 bridgehead atoms. The quantitative estimate of drug-likeness (QED) is 0.840. The van der Waals surface area contributed by atoms with Crippen LogP contribution in [0.5, 0.6) is 0 Å². The number of hydrogen-bond acceptors (Lipinski definition) is 7. The largest absolute Gasteiger partial charge is 0.460 e. The van der Waals surface area contributed by atoms with Gasteiger partial charge in [0.1, 0.15) is 12.2 Å². The summed E-state index contributed by atoms with van der Waals surface area (Å²) in [5.41, 5.74) is 9.57. The standard InChI is InChI=1S/C17H23N3O4/c1-9-7-20(8-15(9)24-11(3)22)17-12-4-5-14(23-10(2)21)16(12)19-6-13(17)18/h6,9,14-15H,4-5,7-8,18H2,1-3H3/t9-,14?,15-/m0/s1. The minimum atomic E-state index is -0.308. The van der Waals surface area contributed by atoms with E-state index in [1.54, 1.807) is 6.20 Å². The van der Waals surface area contributed by atoms with Crippen molar-refractivity contribution >= 4 is 23.3 Å². The molecule has 3 rings (SSSR count). The zero-order valence-corrected chi connectivity index (χ0v) is 14.2. The monoisotopic (exact) mass is 333 g/mol. The van der Waals surface area contributed by atoms with Gasteiger partial charge in [0, 0.05) is 31.9 Å². The van der Waals surface area contributed by atoms with E-state index >= 15 is 0 Å². The number of nitrogens with two attached hydrogens (primary N) is 1. The Balaban J connectivity index is 1.88. The Bertz CT molecular complexity index is 676. The number of nitrogens with zero attached hydrogens (tertiary/aromatic N) is 2. The van der Waals surface area contributed by atoms with Crippen LogP contribution in [0.25, 0.3) is 0 Å². The van der Waals surface area contributed by atoms with E-state index in [4.69, 9.17) is 15.2 Å². The van der Waals surface area contributed by atoms with Gasteiger partial charge in [0.25, 0.3) is 0 Å². The molecule has 1 unspecified atom stereocenters. The first-order valence-electron chi connectivity index (χ1n) is 8.23. The minimum Gasteiger partial charge on any atom is -0.460 e. The lowest BCUT2D eigenvalue weighted by Crippen LogP contribution is -2.26. The Morgan fingerprint density at radius 3 is 2.62 bits per heavy atom. The molecule has 0 radical (unpaired) electrons. The third-order valence-corrected chi connectivity index (χ3v) is 4.66. The Morgan fingerprint density at radius 1 is 1.25 bits per heavy atom. The van der Waals surface area contributed by atoms with Gasteiger partial charge in [-0.15, -0.1) is 0 Å². The molecule has 1 saturated heterocycles. The number of aromatic nitrogens is 1. The Kier molecular flexibility index (Phi) is 4.34. The van der Waals surface area contributed by atoms with Crippen LogP contribution in [0.3, 0.4) is 0 Å². The Labute approximate surface area is 141 Å². The molecule has 3 atom stereocenters. The van der Waals surface area contributed by atoms with Crippen molar-refractivity contribution < 1.29 is 19.1 Å². The first-order chi connectivity index (χ1) is 11.4. The third kappa shape index (κ3) is 3.02. The SMILES string of the molecule is CC(=O)OC1CCc2c1ncc(N)c2N1C[C@H](OC(C)=O)[C@@H](C)C1. The number of nitrogen functional groups attached to an aromatic ring is 1. The first-order valence-corrected chi connectivity index (χ1v) is 8.23. The van der Waals surface area contributed by atoms with Gasteiger partial charge in [-0.25, -0.2) is 0 Å². The average Bonchev–Trinajstić information content (AvgIpc) is 3.02. The highest BCUT2D eigenvalue weighted by Gasteiger charge is 2.37. The molecular formula is C17H23N3O4. The lowest BCUT2D eigenvalue weighted by molar-refractivity contribution is -0.147. The zero-order chi connectivity index (χ0) is 17.4. The van der Waals surface area contributed by atoms with Crippen LogP contribution in [0.2, 0.25) is 0 Å². The van der Waals surface area contributed by atoms with Crippen LogP contribution in [0.4, 0.5) is 11.4 Å². The van der Waals surface area contributed by atoms with Crippen molar-refractivity contribution in [2.24, 2.45) is 5.92 Å². The second-order valence-corrected chi connectivity index (χ2v) is 6.59. The molecule has 0 saturated carbocycles. The number of rotatable bonds is 3. The second kappa shape index (κ2) is 6.30. The second-order valence-electron chi connectivity index (χ2n) is 6.59. The van der Waals surface area contributed by atoms with E-state index in [1.807, 2.05) is 0 Å². The molecule has 1 fully saturated rings. The Hall–Kier alpha value is -2.31. The van der Waals surface area contributed by atoms with Crippen molar-refractivity contribution in [1.29, 1.82) is 0 Å². The van der Waals surface area contributed by atoms with Gasteiger partial charge >= 0.3 is 11.9 Å². The van der Waals surface area contributed by atoms with Gasteiger partial charge < -0.3 is 20.1 Å². The fourth-order valence-electron chi connectivity index (χ4n) is 3.68. The van der Waals surface area contributed by atoms with E-state index in [9.17, 15) is 9.59 Å². The Morgan fingerprint density at radius 2 is 1.96 bits per heavy atom. The van der Waals surface area contributed by atoms with Crippen molar-refractivity contribution in [2.45, 2.75) is 45.8 Å². The highest BCUT2D eigenvalue weighted by atomic mass is 16.5. The van der Waals surface area contributed by atoms with E-state index in [2.05, 4.69) is 16.8 Å². The van der Waals surface area contributed by atoms with Gasteiger partial charge in [0.05, 0.1) is 29.8 Å². The maximum atomic E-state index is 11.3.